The lowest BCUT2D eigenvalue weighted by Crippen LogP contribution is -2.53. The molecule has 0 aromatic rings. The lowest BCUT2D eigenvalue weighted by atomic mass is 10.0. The van der Waals surface area contributed by atoms with E-state index in [1.807, 2.05) is 20.8 Å². The highest BCUT2D eigenvalue weighted by atomic mass is 16.7. The van der Waals surface area contributed by atoms with Crippen molar-refractivity contribution in [3.8, 4) is 0 Å². The van der Waals surface area contributed by atoms with Crippen molar-refractivity contribution in [2.24, 2.45) is 0 Å². The Kier molecular flexibility index (Phi) is 20.1. The molecule has 3 aliphatic rings. The van der Waals surface area contributed by atoms with Crippen LogP contribution in [0.5, 0.6) is 0 Å². The Hall–Kier alpha value is -2.40. The molecular weight excluding hydrogens is 650 g/mol. The van der Waals surface area contributed by atoms with Crippen LogP contribution in [-0.4, -0.2) is 119 Å². The minimum absolute atomic E-state index is 0.00767. The summed E-state index contributed by atoms with van der Waals surface area (Å²) in [6.45, 7) is 9.62. The summed E-state index contributed by atoms with van der Waals surface area (Å²) in [6.07, 6.45) is 8.27. The number of nitrogens with one attached hydrogen (secondary N) is 5. The smallest absolute Gasteiger partial charge is 0.242 e. The maximum atomic E-state index is 13.2. The third-order valence-corrected chi connectivity index (χ3v) is 8.45. The molecule has 0 aromatic heterocycles. The number of hydrogen-bond donors (Lipinski definition) is 5. The molecule has 50 heavy (non-hydrogen) atoms. The second-order valence-electron chi connectivity index (χ2n) is 14.1. The highest BCUT2D eigenvalue weighted by molar-refractivity contribution is 5.89. The van der Waals surface area contributed by atoms with E-state index in [9.17, 15) is 19.2 Å². The van der Waals surface area contributed by atoms with Gasteiger partial charge in [0.25, 0.3) is 0 Å². The second kappa shape index (κ2) is 24.0. The van der Waals surface area contributed by atoms with Gasteiger partial charge in [-0.3, -0.25) is 19.2 Å². The van der Waals surface area contributed by atoms with Crippen LogP contribution < -0.4 is 26.6 Å². The Morgan fingerprint density at radius 1 is 0.600 bits per heavy atom. The molecule has 15 nitrogen and oxygen atoms in total. The molecule has 0 bridgehead atoms. The van der Waals surface area contributed by atoms with Gasteiger partial charge < -0.3 is 55.0 Å². The fourth-order valence-corrected chi connectivity index (χ4v) is 5.85. The summed E-state index contributed by atoms with van der Waals surface area (Å²) in [5.74, 6) is -1.31. The van der Waals surface area contributed by atoms with Crippen LogP contribution in [0.4, 0.5) is 0 Å². The second-order valence-corrected chi connectivity index (χ2v) is 14.1. The quantitative estimate of drug-likeness (QED) is 0.103. The number of rotatable bonds is 22. The highest BCUT2D eigenvalue weighted by Crippen LogP contribution is 2.15. The summed E-state index contributed by atoms with van der Waals surface area (Å²) in [7, 11) is 0. The van der Waals surface area contributed by atoms with Gasteiger partial charge in [0, 0.05) is 57.8 Å². The van der Waals surface area contributed by atoms with Gasteiger partial charge in [-0.2, -0.15) is 0 Å². The molecule has 5 atom stereocenters. The summed E-state index contributed by atoms with van der Waals surface area (Å²) in [5, 5.41) is 14.6. The number of hydrogen-bond acceptors (Lipinski definition) is 11. The summed E-state index contributed by atoms with van der Waals surface area (Å²) >= 11 is 0. The monoisotopic (exact) mass is 713 g/mol. The molecule has 3 saturated heterocycles. The maximum Gasteiger partial charge on any atom is 0.242 e. The van der Waals surface area contributed by atoms with Gasteiger partial charge >= 0.3 is 0 Å². The number of carbonyl (C=O) groups is 4. The average Bonchev–Trinajstić information content (AvgIpc) is 3.11. The Morgan fingerprint density at radius 3 is 1.46 bits per heavy atom. The van der Waals surface area contributed by atoms with E-state index >= 15 is 0 Å². The Bertz CT molecular complexity index is 995. The largest absolute Gasteiger partial charge is 0.354 e. The van der Waals surface area contributed by atoms with Crippen molar-refractivity contribution in [2.45, 2.75) is 141 Å². The van der Waals surface area contributed by atoms with Gasteiger partial charge in [0.1, 0.15) is 6.04 Å². The molecule has 15 heteroatoms. The zero-order valence-corrected chi connectivity index (χ0v) is 30.5. The number of ether oxygens (including phenoxy) is 6. The molecule has 4 amide bonds. The predicted molar refractivity (Wildman–Crippen MR) is 185 cm³/mol. The van der Waals surface area contributed by atoms with Crippen LogP contribution in [0.25, 0.3) is 0 Å². The molecule has 3 aliphatic heterocycles. The van der Waals surface area contributed by atoms with Crippen molar-refractivity contribution in [3.05, 3.63) is 0 Å². The van der Waals surface area contributed by atoms with E-state index in [0.29, 0.717) is 46.1 Å². The molecule has 3 heterocycles. The summed E-state index contributed by atoms with van der Waals surface area (Å²) in [5.41, 5.74) is -0.389. The van der Waals surface area contributed by atoms with Crippen molar-refractivity contribution >= 4 is 23.6 Å². The molecule has 3 fully saturated rings. The molecule has 0 radical (unpaired) electrons. The standard InChI is InChI=1S/C35H63N5O10/c1-35(2,3)40-27(34(44)38-19-25-50-32-12-6-9-22-47-32)14-16-29(42)39-26(33(43)37-18-24-49-31-11-5-8-21-46-31)13-15-28(41)36-17-23-48-30-10-4-7-20-45-30/h26-27,30-32,40H,4-25H2,1-3H3,(H,36,41)(H,37,43)(H,38,44)(H,39,42). The molecular formula is C35H63N5O10. The lowest BCUT2D eigenvalue weighted by Gasteiger charge is -2.28. The summed E-state index contributed by atoms with van der Waals surface area (Å²) in [4.78, 5) is 52.1. The van der Waals surface area contributed by atoms with Crippen LogP contribution in [0.15, 0.2) is 0 Å². The fourth-order valence-electron chi connectivity index (χ4n) is 5.85. The molecule has 0 saturated carbocycles. The van der Waals surface area contributed by atoms with Gasteiger partial charge in [-0.25, -0.2) is 0 Å². The van der Waals surface area contributed by atoms with E-state index in [4.69, 9.17) is 28.4 Å². The summed E-state index contributed by atoms with van der Waals surface area (Å²) < 4.78 is 33.8. The van der Waals surface area contributed by atoms with Gasteiger partial charge in [-0.15, -0.1) is 0 Å². The van der Waals surface area contributed by atoms with E-state index in [0.717, 1.165) is 57.8 Å². The maximum absolute atomic E-state index is 13.2. The van der Waals surface area contributed by atoms with E-state index in [-0.39, 0.29) is 75.1 Å². The third-order valence-electron chi connectivity index (χ3n) is 8.45. The van der Waals surface area contributed by atoms with E-state index in [1.165, 1.54) is 0 Å². The predicted octanol–water partition coefficient (Wildman–Crippen LogP) is 1.77. The SMILES string of the molecule is CC(C)(C)NC(CCC(=O)NC(CCC(=O)NCCOC1CCCCO1)C(=O)NCCOC1CCCCO1)C(=O)NCCOC1CCCCO1. The minimum Gasteiger partial charge on any atom is -0.354 e. The van der Waals surface area contributed by atoms with Crippen LogP contribution in [0.1, 0.15) is 104 Å². The first kappa shape index (κ1) is 42.0. The zero-order valence-electron chi connectivity index (χ0n) is 30.5. The van der Waals surface area contributed by atoms with Crippen LogP contribution >= 0.6 is 0 Å². The van der Waals surface area contributed by atoms with Gasteiger partial charge in [-0.05, 0) is 91.4 Å². The Labute approximate surface area is 297 Å². The Balaban J connectivity index is 1.46. The van der Waals surface area contributed by atoms with Gasteiger partial charge in [0.2, 0.25) is 23.6 Å². The molecule has 5 unspecified atom stereocenters. The topological polar surface area (TPSA) is 184 Å². The van der Waals surface area contributed by atoms with Crippen molar-refractivity contribution in [3.63, 3.8) is 0 Å². The first-order chi connectivity index (χ1) is 24.1. The Morgan fingerprint density at radius 2 is 1.02 bits per heavy atom. The average molecular weight is 714 g/mol. The van der Waals surface area contributed by atoms with Crippen molar-refractivity contribution in [1.82, 2.24) is 26.6 Å². The van der Waals surface area contributed by atoms with Crippen LogP contribution in [0.2, 0.25) is 0 Å². The van der Waals surface area contributed by atoms with Gasteiger partial charge in [-0.1, -0.05) is 0 Å². The highest BCUT2D eigenvalue weighted by Gasteiger charge is 2.27. The third kappa shape index (κ3) is 18.7. The van der Waals surface area contributed by atoms with E-state index in [1.54, 1.807) is 0 Å². The van der Waals surface area contributed by atoms with Crippen molar-refractivity contribution in [1.29, 1.82) is 0 Å². The fraction of sp³-hybridized carbons (Fsp3) is 0.886. The van der Waals surface area contributed by atoms with E-state index in [2.05, 4.69) is 26.6 Å². The van der Waals surface area contributed by atoms with Gasteiger partial charge in [0.15, 0.2) is 18.9 Å². The first-order valence-electron chi connectivity index (χ1n) is 18.7. The molecule has 0 spiro atoms. The number of carbonyl (C=O) groups excluding carboxylic acids is 4. The minimum atomic E-state index is -0.951. The first-order valence-corrected chi connectivity index (χ1v) is 18.7. The number of amides is 4. The van der Waals surface area contributed by atoms with E-state index < -0.39 is 23.9 Å². The van der Waals surface area contributed by atoms with Crippen molar-refractivity contribution in [2.75, 3.05) is 59.3 Å². The van der Waals surface area contributed by atoms with Crippen molar-refractivity contribution < 1.29 is 47.6 Å². The summed E-state index contributed by atoms with van der Waals surface area (Å²) in [6, 6.07) is -1.60. The molecule has 5 N–H and O–H groups in total. The van der Waals surface area contributed by atoms with Crippen LogP contribution in [-0.2, 0) is 47.6 Å². The zero-order chi connectivity index (χ0) is 36.0. The lowest BCUT2D eigenvalue weighted by molar-refractivity contribution is -0.162. The molecule has 288 valence electrons. The molecule has 0 aliphatic carbocycles. The van der Waals surface area contributed by atoms with Gasteiger partial charge in [0.05, 0.1) is 25.9 Å². The molecule has 3 rings (SSSR count). The van der Waals surface area contributed by atoms with Crippen LogP contribution in [0.3, 0.4) is 0 Å². The molecule has 0 aromatic carbocycles. The van der Waals surface area contributed by atoms with Crippen LogP contribution in [0, 0.1) is 0 Å². The normalized spacial score (nSPS) is 22.6.